The minimum atomic E-state index is -3.36. The van der Waals surface area contributed by atoms with E-state index in [4.69, 9.17) is 9.47 Å². The molecular weight excluding hydrogens is 594 g/mol. The van der Waals surface area contributed by atoms with E-state index in [1.165, 1.54) is 0 Å². The minimum Gasteiger partial charge on any atom is -0.490 e. The number of benzene rings is 2. The summed E-state index contributed by atoms with van der Waals surface area (Å²) in [6, 6.07) is 13.0. The van der Waals surface area contributed by atoms with Gasteiger partial charge in [-0.2, -0.15) is 5.26 Å². The summed E-state index contributed by atoms with van der Waals surface area (Å²) in [5.41, 5.74) is 4.96. The molecule has 0 fully saturated rings. The zero-order valence-corrected chi connectivity index (χ0v) is 25.5. The van der Waals surface area contributed by atoms with Crippen molar-refractivity contribution < 1.29 is 22.7 Å². The van der Waals surface area contributed by atoms with Crippen LogP contribution in [0.3, 0.4) is 0 Å². The van der Waals surface area contributed by atoms with Gasteiger partial charge >= 0.3 is 0 Å². The fraction of sp³-hybridized carbons (Fsp3) is 0.400. The number of anilines is 1. The number of dihydropyridines is 1. The SMILES string of the molecule is CCCC1CC(=O)C2=C(C1)NC(C)=C(C#N)C2c1cc(Br)c(OCc2ccc(NS(C)(=O)=O)cc2)c(OCC)c1. The number of nitriles is 1. The van der Waals surface area contributed by atoms with Gasteiger partial charge < -0.3 is 14.8 Å². The van der Waals surface area contributed by atoms with Crippen LogP contribution in [0.25, 0.3) is 0 Å². The van der Waals surface area contributed by atoms with Crippen LogP contribution >= 0.6 is 15.9 Å². The Kier molecular flexibility index (Phi) is 9.26. The smallest absolute Gasteiger partial charge is 0.229 e. The predicted octanol–water partition coefficient (Wildman–Crippen LogP) is 6.32. The lowest BCUT2D eigenvalue weighted by molar-refractivity contribution is -0.117. The fourth-order valence-electron chi connectivity index (χ4n) is 5.41. The molecule has 2 unspecified atom stereocenters. The van der Waals surface area contributed by atoms with Crippen molar-refractivity contribution in [1.29, 1.82) is 5.26 Å². The summed E-state index contributed by atoms with van der Waals surface area (Å²) < 4.78 is 38.2. The molecule has 0 saturated heterocycles. The van der Waals surface area contributed by atoms with E-state index < -0.39 is 15.9 Å². The molecule has 40 heavy (non-hydrogen) atoms. The second-order valence-electron chi connectivity index (χ2n) is 10.2. The number of Topliss-reactive ketones (excluding diaryl/α,β-unsaturated/α-hetero) is 1. The Morgan fingerprint density at radius 3 is 2.50 bits per heavy atom. The number of nitrogens with one attached hydrogen (secondary N) is 2. The lowest BCUT2D eigenvalue weighted by Crippen LogP contribution is -2.34. The molecule has 2 aromatic carbocycles. The molecule has 0 aromatic heterocycles. The van der Waals surface area contributed by atoms with Gasteiger partial charge in [0.25, 0.3) is 0 Å². The van der Waals surface area contributed by atoms with Crippen LogP contribution in [0.15, 0.2) is 63.4 Å². The summed E-state index contributed by atoms with van der Waals surface area (Å²) >= 11 is 3.65. The van der Waals surface area contributed by atoms with Gasteiger partial charge in [-0.3, -0.25) is 9.52 Å². The van der Waals surface area contributed by atoms with Crippen molar-refractivity contribution in [3.8, 4) is 17.6 Å². The van der Waals surface area contributed by atoms with Crippen molar-refractivity contribution in [3.63, 3.8) is 0 Å². The van der Waals surface area contributed by atoms with Gasteiger partial charge in [0.2, 0.25) is 10.0 Å². The lowest BCUT2D eigenvalue weighted by atomic mass is 9.72. The average Bonchev–Trinajstić information content (AvgIpc) is 2.87. The first kappa shape index (κ1) is 29.7. The van der Waals surface area contributed by atoms with Crippen LogP contribution in [-0.4, -0.2) is 27.1 Å². The van der Waals surface area contributed by atoms with Gasteiger partial charge in [0.15, 0.2) is 17.3 Å². The van der Waals surface area contributed by atoms with Crippen molar-refractivity contribution in [2.24, 2.45) is 5.92 Å². The Balaban J connectivity index is 1.66. The number of ether oxygens (including phenoxy) is 2. The quantitative estimate of drug-likeness (QED) is 0.317. The predicted molar refractivity (Wildman–Crippen MR) is 158 cm³/mol. The molecule has 0 radical (unpaired) electrons. The van der Waals surface area contributed by atoms with Crippen LogP contribution in [0.4, 0.5) is 5.69 Å². The second kappa shape index (κ2) is 12.5. The second-order valence-corrected chi connectivity index (χ2v) is 12.8. The standard InChI is InChI=1S/C30H34BrN3O5S/c1-5-7-20-12-25-29(26(35)13-20)28(23(16-32)18(3)33-25)21-14-24(31)30(27(15-21)38-6-2)39-17-19-8-10-22(11-9-19)34-40(4,36)37/h8-11,14-15,20,28,33-34H,5-7,12-13,17H2,1-4H3. The highest BCUT2D eigenvalue weighted by Gasteiger charge is 2.39. The molecule has 1 aliphatic heterocycles. The Morgan fingerprint density at radius 2 is 1.88 bits per heavy atom. The van der Waals surface area contributed by atoms with E-state index in [1.54, 1.807) is 24.3 Å². The zero-order valence-electron chi connectivity index (χ0n) is 23.1. The van der Waals surface area contributed by atoms with Crippen molar-refractivity contribution in [2.75, 3.05) is 17.6 Å². The maximum Gasteiger partial charge on any atom is 0.229 e. The largest absolute Gasteiger partial charge is 0.490 e. The number of carbonyl (C=O) groups is 1. The van der Waals surface area contributed by atoms with Crippen LogP contribution in [0, 0.1) is 17.2 Å². The summed E-state index contributed by atoms with van der Waals surface area (Å²) in [6.45, 7) is 6.52. The molecule has 2 atom stereocenters. The summed E-state index contributed by atoms with van der Waals surface area (Å²) in [5.74, 6) is 0.907. The third-order valence-corrected chi connectivity index (χ3v) is 8.23. The van der Waals surface area contributed by atoms with Gasteiger partial charge in [0, 0.05) is 29.1 Å². The van der Waals surface area contributed by atoms with Crippen LogP contribution in [0.5, 0.6) is 11.5 Å². The third kappa shape index (κ3) is 6.70. The van der Waals surface area contributed by atoms with E-state index in [-0.39, 0.29) is 12.4 Å². The minimum absolute atomic E-state index is 0.0840. The highest BCUT2D eigenvalue weighted by molar-refractivity contribution is 9.10. The first-order valence-corrected chi connectivity index (χ1v) is 16.0. The Morgan fingerprint density at radius 1 is 1.15 bits per heavy atom. The molecular formula is C30H34BrN3O5S. The number of ketones is 1. The Labute approximate surface area is 244 Å². The van der Waals surface area contributed by atoms with E-state index in [0.717, 1.165) is 48.0 Å². The topological polar surface area (TPSA) is 118 Å². The van der Waals surface area contributed by atoms with Crippen molar-refractivity contribution >= 4 is 37.4 Å². The van der Waals surface area contributed by atoms with E-state index in [1.807, 2.05) is 26.0 Å². The van der Waals surface area contributed by atoms with Crippen LogP contribution < -0.4 is 19.5 Å². The van der Waals surface area contributed by atoms with Gasteiger partial charge in [-0.25, -0.2) is 8.42 Å². The van der Waals surface area contributed by atoms with E-state index >= 15 is 0 Å². The van der Waals surface area contributed by atoms with E-state index in [0.29, 0.717) is 51.8 Å². The molecule has 0 amide bonds. The van der Waals surface area contributed by atoms with Crippen molar-refractivity contribution in [1.82, 2.24) is 5.32 Å². The lowest BCUT2D eigenvalue weighted by Gasteiger charge is -2.35. The average molecular weight is 629 g/mol. The molecule has 1 heterocycles. The normalized spacial score (nSPS) is 19.1. The number of halogens is 1. The van der Waals surface area contributed by atoms with Gasteiger partial charge in [-0.1, -0.05) is 25.5 Å². The monoisotopic (exact) mass is 627 g/mol. The number of allylic oxidation sites excluding steroid dienone is 4. The van der Waals surface area contributed by atoms with Crippen molar-refractivity contribution in [2.45, 2.75) is 59.0 Å². The molecule has 10 heteroatoms. The summed E-state index contributed by atoms with van der Waals surface area (Å²) in [6.07, 6.45) is 4.40. The molecule has 2 aromatic rings. The third-order valence-electron chi connectivity index (χ3n) is 7.03. The fourth-order valence-corrected chi connectivity index (χ4v) is 6.55. The summed E-state index contributed by atoms with van der Waals surface area (Å²) in [4.78, 5) is 13.5. The van der Waals surface area contributed by atoms with E-state index in [2.05, 4.69) is 39.0 Å². The van der Waals surface area contributed by atoms with Crippen LogP contribution in [0.2, 0.25) is 0 Å². The highest BCUT2D eigenvalue weighted by atomic mass is 79.9. The van der Waals surface area contributed by atoms with Gasteiger partial charge in [-0.15, -0.1) is 0 Å². The molecule has 2 N–H and O–H groups in total. The van der Waals surface area contributed by atoms with Gasteiger partial charge in [-0.05, 0) is 83.9 Å². The van der Waals surface area contributed by atoms with Crippen molar-refractivity contribution in [3.05, 3.63) is 74.5 Å². The molecule has 212 valence electrons. The Hall–Kier alpha value is -3.29. The number of rotatable bonds is 10. The molecule has 1 aliphatic carbocycles. The Bertz CT molecular complexity index is 1510. The number of hydrogen-bond donors (Lipinski definition) is 2. The molecule has 0 spiro atoms. The first-order chi connectivity index (χ1) is 19.0. The highest BCUT2D eigenvalue weighted by Crippen LogP contribution is 2.47. The molecule has 0 saturated carbocycles. The van der Waals surface area contributed by atoms with Crippen LogP contribution in [0.1, 0.15) is 63.5 Å². The zero-order chi connectivity index (χ0) is 29.0. The molecule has 8 nitrogen and oxygen atoms in total. The summed E-state index contributed by atoms with van der Waals surface area (Å²) in [7, 11) is -3.36. The summed E-state index contributed by atoms with van der Waals surface area (Å²) in [5, 5.41) is 13.5. The molecule has 2 aliphatic rings. The maximum absolute atomic E-state index is 13.5. The number of hydrogen-bond acceptors (Lipinski definition) is 7. The number of sulfonamides is 1. The number of carbonyl (C=O) groups excluding carboxylic acids is 1. The van der Waals surface area contributed by atoms with Gasteiger partial charge in [0.05, 0.1) is 34.9 Å². The van der Waals surface area contributed by atoms with E-state index in [9.17, 15) is 18.5 Å². The molecule has 0 bridgehead atoms. The van der Waals surface area contributed by atoms with Crippen LogP contribution in [-0.2, 0) is 21.4 Å². The first-order valence-electron chi connectivity index (χ1n) is 13.3. The van der Waals surface area contributed by atoms with Gasteiger partial charge in [0.1, 0.15) is 6.61 Å². The maximum atomic E-state index is 13.5. The number of nitrogens with zero attached hydrogens (tertiary/aromatic N) is 1. The molecule has 4 rings (SSSR count).